The zero-order valence-corrected chi connectivity index (χ0v) is 13.4. The number of hydrogen-bond donors (Lipinski definition) is 3. The maximum Gasteiger partial charge on any atom is 0.315 e. The van der Waals surface area contributed by atoms with E-state index >= 15 is 0 Å². The van der Waals surface area contributed by atoms with Crippen molar-refractivity contribution in [2.45, 2.75) is 39.3 Å². The van der Waals surface area contributed by atoms with Gasteiger partial charge in [-0.1, -0.05) is 32.1 Å². The van der Waals surface area contributed by atoms with E-state index in [2.05, 4.69) is 29.5 Å². The smallest absolute Gasteiger partial charge is 0.315 e. The Kier molecular flexibility index (Phi) is 5.55. The molecule has 3 N–H and O–H groups in total. The molecular weight excluding hydrogens is 278 g/mol. The molecule has 1 heterocycles. The predicted molar refractivity (Wildman–Crippen MR) is 86.3 cm³/mol. The van der Waals surface area contributed by atoms with E-state index in [1.54, 1.807) is 6.20 Å². The number of hydrogen-bond acceptors (Lipinski definition) is 3. The molecule has 0 bridgehead atoms. The van der Waals surface area contributed by atoms with Crippen molar-refractivity contribution in [1.82, 2.24) is 15.6 Å². The average molecular weight is 303 g/mol. The van der Waals surface area contributed by atoms with Gasteiger partial charge in [0.05, 0.1) is 11.7 Å². The summed E-state index contributed by atoms with van der Waals surface area (Å²) in [4.78, 5) is 16.7. The van der Waals surface area contributed by atoms with Crippen LogP contribution in [0.1, 0.15) is 37.6 Å². The third-order valence-corrected chi connectivity index (χ3v) is 4.02. The molecule has 2 amide bonds. The molecule has 22 heavy (non-hydrogen) atoms. The fraction of sp³-hybridized carbons (Fsp3) is 0.529. The molecule has 0 unspecified atom stereocenters. The second-order valence-corrected chi connectivity index (χ2v) is 6.21. The molecule has 1 aromatic heterocycles. The van der Waals surface area contributed by atoms with Crippen LogP contribution in [0.25, 0.3) is 0 Å². The first kappa shape index (κ1) is 16.5. The van der Waals surface area contributed by atoms with Crippen molar-refractivity contribution < 1.29 is 9.90 Å². The minimum atomic E-state index is -0.197. The first-order valence-corrected chi connectivity index (χ1v) is 7.79. The Bertz CT molecular complexity index is 542. The molecule has 1 aliphatic rings. The second-order valence-electron chi connectivity index (χ2n) is 6.21. The van der Waals surface area contributed by atoms with Gasteiger partial charge in [-0.15, -0.1) is 0 Å². The molecule has 0 aromatic carbocycles. The molecule has 0 fully saturated rings. The molecule has 0 saturated carbocycles. The van der Waals surface area contributed by atoms with Gasteiger partial charge in [-0.2, -0.15) is 0 Å². The second kappa shape index (κ2) is 7.40. The predicted octanol–water partition coefficient (Wildman–Crippen LogP) is 2.32. The summed E-state index contributed by atoms with van der Waals surface area (Å²) in [5, 5.41) is 15.1. The zero-order chi connectivity index (χ0) is 16.1. The number of nitrogens with one attached hydrogen (secondary N) is 2. The van der Waals surface area contributed by atoms with Crippen LogP contribution in [0.15, 0.2) is 30.5 Å². The summed E-state index contributed by atoms with van der Waals surface area (Å²) in [7, 11) is 0. The molecule has 0 radical (unpaired) electrons. The van der Waals surface area contributed by atoms with E-state index in [9.17, 15) is 4.79 Å². The van der Waals surface area contributed by atoms with E-state index in [0.717, 1.165) is 17.7 Å². The molecule has 2 rings (SSSR count). The van der Waals surface area contributed by atoms with Crippen LogP contribution in [0.4, 0.5) is 4.79 Å². The molecular formula is C17H25N3O2. The lowest BCUT2D eigenvalue weighted by Gasteiger charge is -2.24. The number of aromatic nitrogens is 1. The number of aliphatic hydroxyl groups excluding tert-OH is 1. The maximum absolute atomic E-state index is 12.2. The minimum Gasteiger partial charge on any atom is -0.396 e. The monoisotopic (exact) mass is 303 g/mol. The zero-order valence-electron chi connectivity index (χ0n) is 13.4. The van der Waals surface area contributed by atoms with Crippen LogP contribution in [0.2, 0.25) is 0 Å². The summed E-state index contributed by atoms with van der Waals surface area (Å²) in [6.07, 6.45) is 6.40. The van der Waals surface area contributed by atoms with Gasteiger partial charge in [-0.25, -0.2) is 4.79 Å². The molecule has 5 nitrogen and oxygen atoms in total. The topological polar surface area (TPSA) is 74.2 Å². The van der Waals surface area contributed by atoms with E-state index in [1.165, 1.54) is 0 Å². The van der Waals surface area contributed by atoms with Gasteiger partial charge in [0.15, 0.2) is 0 Å². The first-order valence-electron chi connectivity index (χ1n) is 7.79. The van der Waals surface area contributed by atoms with Crippen molar-refractivity contribution in [2.75, 3.05) is 6.61 Å². The normalized spacial score (nSPS) is 21.9. The number of pyridine rings is 1. The van der Waals surface area contributed by atoms with Crippen LogP contribution in [0.3, 0.4) is 0 Å². The summed E-state index contributed by atoms with van der Waals surface area (Å²) < 4.78 is 0. The lowest BCUT2D eigenvalue weighted by atomic mass is 9.97. The largest absolute Gasteiger partial charge is 0.396 e. The number of carbonyl (C=O) groups excluding carboxylic acids is 1. The molecule has 5 heteroatoms. The SMILES string of the molecule is Cc1cccnc1[C@@H](NC(=O)N[C@@H]1C=C[C@H](CO)C1)C(C)C. The number of aryl methyl sites for hydroxylation is 1. The Hall–Kier alpha value is -1.88. The highest BCUT2D eigenvalue weighted by Crippen LogP contribution is 2.23. The molecule has 0 saturated heterocycles. The molecule has 1 aromatic rings. The van der Waals surface area contributed by atoms with Gasteiger partial charge in [0.2, 0.25) is 0 Å². The Morgan fingerprint density at radius 1 is 1.45 bits per heavy atom. The van der Waals surface area contributed by atoms with Crippen LogP contribution in [0.5, 0.6) is 0 Å². The van der Waals surface area contributed by atoms with Crippen LogP contribution in [-0.4, -0.2) is 28.8 Å². The molecule has 1 aliphatic carbocycles. The van der Waals surface area contributed by atoms with E-state index in [-0.39, 0.29) is 36.6 Å². The summed E-state index contributed by atoms with van der Waals surface area (Å²) in [5.41, 5.74) is 1.98. The van der Waals surface area contributed by atoms with Crippen molar-refractivity contribution in [3.63, 3.8) is 0 Å². The minimum absolute atomic E-state index is 0.0187. The third-order valence-electron chi connectivity index (χ3n) is 4.02. The van der Waals surface area contributed by atoms with Crippen LogP contribution >= 0.6 is 0 Å². The summed E-state index contributed by atoms with van der Waals surface area (Å²) in [5.74, 6) is 0.382. The highest BCUT2D eigenvalue weighted by molar-refractivity contribution is 5.75. The Morgan fingerprint density at radius 2 is 2.23 bits per heavy atom. The highest BCUT2D eigenvalue weighted by atomic mass is 16.3. The van der Waals surface area contributed by atoms with E-state index in [1.807, 2.05) is 31.2 Å². The van der Waals surface area contributed by atoms with E-state index in [0.29, 0.717) is 0 Å². The number of urea groups is 1. The Labute approximate surface area is 131 Å². The quantitative estimate of drug-likeness (QED) is 0.731. The van der Waals surface area contributed by atoms with Gasteiger partial charge < -0.3 is 15.7 Å². The van der Waals surface area contributed by atoms with Crippen LogP contribution in [-0.2, 0) is 0 Å². The first-order chi connectivity index (χ1) is 10.5. The highest BCUT2D eigenvalue weighted by Gasteiger charge is 2.24. The van der Waals surface area contributed by atoms with Crippen molar-refractivity contribution in [3.05, 3.63) is 41.7 Å². The summed E-state index contributed by atoms with van der Waals surface area (Å²) in [6.45, 7) is 6.26. The lowest BCUT2D eigenvalue weighted by Crippen LogP contribution is -2.44. The Balaban J connectivity index is 1.99. The maximum atomic E-state index is 12.2. The van der Waals surface area contributed by atoms with Gasteiger partial charge >= 0.3 is 6.03 Å². The Morgan fingerprint density at radius 3 is 2.82 bits per heavy atom. The van der Waals surface area contributed by atoms with Crippen molar-refractivity contribution in [3.8, 4) is 0 Å². The van der Waals surface area contributed by atoms with Gasteiger partial charge in [0.1, 0.15) is 0 Å². The van der Waals surface area contributed by atoms with Gasteiger partial charge in [-0.3, -0.25) is 4.98 Å². The van der Waals surface area contributed by atoms with Gasteiger partial charge in [-0.05, 0) is 30.9 Å². The van der Waals surface area contributed by atoms with E-state index in [4.69, 9.17) is 5.11 Å². The number of aliphatic hydroxyl groups is 1. The third kappa shape index (κ3) is 4.07. The fourth-order valence-electron chi connectivity index (χ4n) is 2.74. The summed E-state index contributed by atoms with van der Waals surface area (Å²) >= 11 is 0. The van der Waals surface area contributed by atoms with Crippen molar-refractivity contribution in [1.29, 1.82) is 0 Å². The molecule has 120 valence electrons. The van der Waals surface area contributed by atoms with Crippen molar-refractivity contribution in [2.24, 2.45) is 11.8 Å². The molecule has 3 atom stereocenters. The number of carbonyl (C=O) groups is 1. The standard InChI is InChI=1S/C17H25N3O2/c1-11(2)15(16-12(3)5-4-8-18-16)20-17(22)19-14-7-6-13(9-14)10-21/h4-8,11,13-15,21H,9-10H2,1-3H3,(H2,19,20,22)/t13-,14+,15-/m0/s1. The molecule has 0 spiro atoms. The number of nitrogens with zero attached hydrogens (tertiary/aromatic N) is 1. The fourth-order valence-corrected chi connectivity index (χ4v) is 2.74. The van der Waals surface area contributed by atoms with E-state index < -0.39 is 0 Å². The van der Waals surface area contributed by atoms with Gasteiger partial charge in [0.25, 0.3) is 0 Å². The summed E-state index contributed by atoms with van der Waals surface area (Å²) in [6, 6.07) is 3.56. The lowest BCUT2D eigenvalue weighted by molar-refractivity contribution is 0.225. The molecule has 0 aliphatic heterocycles. The van der Waals surface area contributed by atoms with Crippen LogP contribution < -0.4 is 10.6 Å². The van der Waals surface area contributed by atoms with Crippen molar-refractivity contribution >= 4 is 6.03 Å². The van der Waals surface area contributed by atoms with Crippen LogP contribution in [0, 0.1) is 18.8 Å². The number of rotatable bonds is 5. The number of amides is 2. The van der Waals surface area contributed by atoms with Gasteiger partial charge in [0, 0.05) is 24.8 Å². The average Bonchev–Trinajstić information content (AvgIpc) is 2.93.